The van der Waals surface area contributed by atoms with Gasteiger partial charge in [-0.1, -0.05) is 29.8 Å². The van der Waals surface area contributed by atoms with Gasteiger partial charge in [0, 0.05) is 12.2 Å². The Kier molecular flexibility index (Phi) is 3.53. The zero-order valence-corrected chi connectivity index (χ0v) is 11.7. The predicted molar refractivity (Wildman–Crippen MR) is 76.2 cm³/mol. The van der Waals surface area contributed by atoms with Gasteiger partial charge in [-0.25, -0.2) is 0 Å². The summed E-state index contributed by atoms with van der Waals surface area (Å²) in [4.78, 5) is 6.30. The number of hydrogen-bond acceptors (Lipinski definition) is 4. The molecule has 0 bridgehead atoms. The van der Waals surface area contributed by atoms with Gasteiger partial charge < -0.3 is 4.90 Å². The fourth-order valence-corrected chi connectivity index (χ4v) is 2.67. The maximum atomic E-state index is 6.11. The fourth-order valence-electron chi connectivity index (χ4n) is 2.37. The van der Waals surface area contributed by atoms with Crippen LogP contribution in [0.15, 0.2) is 24.3 Å². The molecule has 2 aromatic rings. The van der Waals surface area contributed by atoms with E-state index in [2.05, 4.69) is 38.3 Å². The molecule has 0 saturated carbocycles. The number of rotatable bonds is 1. The van der Waals surface area contributed by atoms with E-state index < -0.39 is 0 Å². The van der Waals surface area contributed by atoms with E-state index in [1.807, 2.05) is 6.07 Å². The van der Waals surface area contributed by atoms with Crippen molar-refractivity contribution in [2.45, 2.75) is 19.3 Å². The Labute approximate surface area is 121 Å². The fraction of sp³-hybridized carbons (Fsp3) is 0.308. The van der Waals surface area contributed by atoms with E-state index in [1.54, 1.807) is 0 Å². The predicted octanol–water partition coefficient (Wildman–Crippen LogP) is 3.65. The molecular weight excluding hydrogens is 283 g/mol. The molecule has 0 aliphatic carbocycles. The van der Waals surface area contributed by atoms with E-state index in [-0.39, 0.29) is 10.4 Å². The van der Waals surface area contributed by atoms with Crippen molar-refractivity contribution >= 4 is 34.7 Å². The molecule has 98 valence electrons. The van der Waals surface area contributed by atoms with Gasteiger partial charge in [0.25, 0.3) is 0 Å². The van der Waals surface area contributed by atoms with Crippen LogP contribution in [-0.2, 0) is 6.42 Å². The van der Waals surface area contributed by atoms with Crippen LogP contribution in [-0.4, -0.2) is 21.7 Å². The highest BCUT2D eigenvalue weighted by Gasteiger charge is 2.21. The minimum Gasteiger partial charge on any atom is -0.323 e. The van der Waals surface area contributed by atoms with Gasteiger partial charge in [-0.15, -0.1) is 10.2 Å². The molecule has 0 atom stereocenters. The highest BCUT2D eigenvalue weighted by molar-refractivity contribution is 6.32. The third-order valence-corrected chi connectivity index (χ3v) is 3.62. The molecule has 6 heteroatoms. The van der Waals surface area contributed by atoms with Gasteiger partial charge in [0.15, 0.2) is 11.0 Å². The van der Waals surface area contributed by atoms with Crippen LogP contribution in [0.1, 0.15) is 18.4 Å². The number of aryl methyl sites for hydroxylation is 1. The largest absolute Gasteiger partial charge is 0.323 e. The SMILES string of the molecule is Clc1nnc(Cl)c(N2CCCCc3ccccc32)n1. The number of hydrogen-bond donors (Lipinski definition) is 0. The topological polar surface area (TPSA) is 41.9 Å². The molecule has 0 saturated heterocycles. The summed E-state index contributed by atoms with van der Waals surface area (Å²) in [5, 5.41) is 7.89. The van der Waals surface area contributed by atoms with Crippen LogP contribution in [0, 0.1) is 0 Å². The summed E-state index contributed by atoms with van der Waals surface area (Å²) >= 11 is 11.9. The Morgan fingerprint density at radius 2 is 1.89 bits per heavy atom. The Hall–Kier alpha value is -1.39. The Morgan fingerprint density at radius 1 is 1.05 bits per heavy atom. The molecule has 0 radical (unpaired) electrons. The maximum Gasteiger partial charge on any atom is 0.245 e. The minimum absolute atomic E-state index is 0.112. The smallest absolute Gasteiger partial charge is 0.245 e. The molecule has 1 aliphatic heterocycles. The number of anilines is 2. The molecule has 0 N–H and O–H groups in total. The van der Waals surface area contributed by atoms with E-state index in [4.69, 9.17) is 23.2 Å². The molecule has 3 rings (SSSR count). The number of fused-ring (bicyclic) bond motifs is 1. The molecule has 2 heterocycles. The van der Waals surface area contributed by atoms with Crippen molar-refractivity contribution in [1.82, 2.24) is 15.2 Å². The molecule has 1 aromatic carbocycles. The number of benzene rings is 1. The van der Waals surface area contributed by atoms with Crippen LogP contribution in [0.4, 0.5) is 11.5 Å². The standard InChI is InChI=1S/C13H12Cl2N4/c14-11-12(16-13(15)18-17-11)19-8-4-3-6-9-5-1-2-7-10(9)19/h1-2,5,7H,3-4,6,8H2. The van der Waals surface area contributed by atoms with E-state index in [0.29, 0.717) is 5.82 Å². The van der Waals surface area contributed by atoms with Gasteiger partial charge in [-0.2, -0.15) is 4.98 Å². The van der Waals surface area contributed by atoms with Gasteiger partial charge in [0.2, 0.25) is 5.28 Å². The first-order valence-electron chi connectivity index (χ1n) is 6.17. The van der Waals surface area contributed by atoms with Crippen molar-refractivity contribution in [2.75, 3.05) is 11.4 Å². The lowest BCUT2D eigenvalue weighted by Gasteiger charge is -2.24. The summed E-state index contributed by atoms with van der Waals surface area (Å²) in [5.74, 6) is 0.580. The van der Waals surface area contributed by atoms with Gasteiger partial charge in [0.1, 0.15) is 0 Å². The van der Waals surface area contributed by atoms with Gasteiger partial charge in [0.05, 0.1) is 0 Å². The van der Waals surface area contributed by atoms with E-state index in [9.17, 15) is 0 Å². The second-order valence-electron chi connectivity index (χ2n) is 4.43. The molecular formula is C13H12Cl2N4. The first-order chi connectivity index (χ1) is 9.25. The van der Waals surface area contributed by atoms with Crippen molar-refractivity contribution < 1.29 is 0 Å². The second-order valence-corrected chi connectivity index (χ2v) is 5.13. The normalized spacial score (nSPS) is 14.9. The summed E-state index contributed by atoms with van der Waals surface area (Å²) in [6.45, 7) is 0.853. The summed E-state index contributed by atoms with van der Waals surface area (Å²) < 4.78 is 0. The monoisotopic (exact) mass is 294 g/mol. The van der Waals surface area contributed by atoms with Gasteiger partial charge >= 0.3 is 0 Å². The number of aromatic nitrogens is 3. The molecule has 0 spiro atoms. The van der Waals surface area contributed by atoms with Crippen LogP contribution in [0.25, 0.3) is 0 Å². The van der Waals surface area contributed by atoms with Crippen LogP contribution in [0.3, 0.4) is 0 Å². The third kappa shape index (κ3) is 2.51. The lowest BCUT2D eigenvalue weighted by molar-refractivity contribution is 0.755. The lowest BCUT2D eigenvalue weighted by atomic mass is 10.1. The quantitative estimate of drug-likeness (QED) is 0.805. The molecule has 0 unspecified atom stereocenters. The molecule has 1 aliphatic rings. The Bertz CT molecular complexity index is 603. The van der Waals surface area contributed by atoms with Crippen LogP contribution >= 0.6 is 23.2 Å². The average molecular weight is 295 g/mol. The Morgan fingerprint density at radius 3 is 2.79 bits per heavy atom. The van der Waals surface area contributed by atoms with E-state index in [0.717, 1.165) is 31.5 Å². The van der Waals surface area contributed by atoms with Crippen molar-refractivity contribution in [2.24, 2.45) is 0 Å². The van der Waals surface area contributed by atoms with Crippen molar-refractivity contribution in [3.8, 4) is 0 Å². The summed E-state index contributed by atoms with van der Waals surface area (Å²) in [6, 6.07) is 8.28. The van der Waals surface area contributed by atoms with Crippen LogP contribution in [0.5, 0.6) is 0 Å². The number of halogens is 2. The molecule has 0 amide bonds. The van der Waals surface area contributed by atoms with Crippen molar-refractivity contribution in [3.05, 3.63) is 40.3 Å². The maximum absolute atomic E-state index is 6.11. The second kappa shape index (κ2) is 5.31. The minimum atomic E-state index is 0.112. The average Bonchev–Trinajstić information content (AvgIpc) is 2.64. The molecule has 1 aromatic heterocycles. The first-order valence-corrected chi connectivity index (χ1v) is 6.92. The van der Waals surface area contributed by atoms with Crippen LogP contribution < -0.4 is 4.90 Å². The van der Waals surface area contributed by atoms with E-state index in [1.165, 1.54) is 5.56 Å². The molecule has 19 heavy (non-hydrogen) atoms. The molecule has 0 fully saturated rings. The number of nitrogens with zero attached hydrogens (tertiary/aromatic N) is 4. The molecule has 4 nitrogen and oxygen atoms in total. The summed E-state index contributed by atoms with van der Waals surface area (Å²) in [7, 11) is 0. The van der Waals surface area contributed by atoms with E-state index >= 15 is 0 Å². The van der Waals surface area contributed by atoms with Crippen molar-refractivity contribution in [3.63, 3.8) is 0 Å². The third-order valence-electron chi connectivity index (χ3n) is 3.22. The lowest BCUT2D eigenvalue weighted by Crippen LogP contribution is -2.20. The summed E-state index contributed by atoms with van der Waals surface area (Å²) in [6.07, 6.45) is 3.29. The van der Waals surface area contributed by atoms with Gasteiger partial charge in [-0.05, 0) is 42.5 Å². The van der Waals surface area contributed by atoms with Gasteiger partial charge in [-0.3, -0.25) is 0 Å². The first kappa shape index (κ1) is 12.6. The highest BCUT2D eigenvalue weighted by atomic mass is 35.5. The van der Waals surface area contributed by atoms with Crippen molar-refractivity contribution in [1.29, 1.82) is 0 Å². The Balaban J connectivity index is 2.11. The number of para-hydroxylation sites is 1. The zero-order chi connectivity index (χ0) is 13.2. The summed E-state index contributed by atoms with van der Waals surface area (Å²) in [5.41, 5.74) is 2.42. The zero-order valence-electron chi connectivity index (χ0n) is 10.2. The van der Waals surface area contributed by atoms with Crippen LogP contribution in [0.2, 0.25) is 10.4 Å². The highest BCUT2D eigenvalue weighted by Crippen LogP contribution is 2.34.